The van der Waals surface area contributed by atoms with Gasteiger partial charge in [-0.1, -0.05) is 65.0 Å². The summed E-state index contributed by atoms with van der Waals surface area (Å²) < 4.78 is 17.8. The van der Waals surface area contributed by atoms with Crippen molar-refractivity contribution < 1.29 is 19.0 Å². The predicted molar refractivity (Wildman–Crippen MR) is 177 cm³/mol. The first-order valence-electron chi connectivity index (χ1n) is 18.0. The molecule has 1 aromatic rings. The lowest BCUT2D eigenvalue weighted by Gasteiger charge is -2.61. The maximum Gasteiger partial charge on any atom is 0.312 e. The lowest BCUT2D eigenvalue weighted by molar-refractivity contribution is -0.206. The van der Waals surface area contributed by atoms with Gasteiger partial charge in [-0.25, -0.2) is 0 Å². The first-order valence-corrected chi connectivity index (χ1v) is 18.0. The van der Waals surface area contributed by atoms with Gasteiger partial charge in [-0.15, -0.1) is 0 Å². The molecule has 6 rings (SSSR count). The monoisotopic (exact) mass is 596 g/mol. The molecule has 2 atom stereocenters. The Morgan fingerprint density at radius 3 is 1.95 bits per heavy atom. The minimum Gasteiger partial charge on any atom is -0.465 e. The summed E-state index contributed by atoms with van der Waals surface area (Å²) >= 11 is 0. The summed E-state index contributed by atoms with van der Waals surface area (Å²) in [5.74, 6) is 5.06. The minimum atomic E-state index is -0.362. The van der Waals surface area contributed by atoms with Crippen LogP contribution in [0.4, 0.5) is 0 Å². The van der Waals surface area contributed by atoms with Crippen LogP contribution in [-0.4, -0.2) is 24.5 Å². The minimum absolute atomic E-state index is 0.00857. The van der Waals surface area contributed by atoms with E-state index in [-0.39, 0.29) is 28.7 Å². The van der Waals surface area contributed by atoms with Crippen LogP contribution in [0.2, 0.25) is 0 Å². The van der Waals surface area contributed by atoms with Crippen molar-refractivity contribution >= 4 is 5.97 Å². The Morgan fingerprint density at radius 2 is 1.44 bits per heavy atom. The van der Waals surface area contributed by atoms with Gasteiger partial charge in [0.15, 0.2) is 6.29 Å². The Balaban J connectivity index is 0.000000197. The highest BCUT2D eigenvalue weighted by Gasteiger charge is 2.59. The molecule has 5 saturated carbocycles. The second-order valence-electron chi connectivity index (χ2n) is 16.1. The number of rotatable bonds is 12. The quantitative estimate of drug-likeness (QED) is 0.178. The molecule has 0 N–H and O–H groups in total. The molecule has 244 valence electrons. The first-order chi connectivity index (χ1) is 20.4. The summed E-state index contributed by atoms with van der Waals surface area (Å²) in [6.07, 6.45) is 18.2. The van der Waals surface area contributed by atoms with Gasteiger partial charge >= 0.3 is 5.97 Å². The topological polar surface area (TPSA) is 44.8 Å². The Morgan fingerprint density at radius 1 is 0.884 bits per heavy atom. The molecule has 0 spiro atoms. The molecule has 0 aromatic heterocycles. The van der Waals surface area contributed by atoms with Crippen LogP contribution in [0.5, 0.6) is 5.75 Å². The van der Waals surface area contributed by atoms with Gasteiger partial charge in [0, 0.05) is 5.41 Å². The zero-order valence-electron chi connectivity index (χ0n) is 29.0. The van der Waals surface area contributed by atoms with Crippen molar-refractivity contribution in [2.75, 3.05) is 6.61 Å². The Hall–Kier alpha value is -1.55. The fourth-order valence-corrected chi connectivity index (χ4v) is 8.68. The van der Waals surface area contributed by atoms with Crippen LogP contribution in [0.3, 0.4) is 0 Å². The summed E-state index contributed by atoms with van der Waals surface area (Å²) in [6.45, 7) is 17.7. The summed E-state index contributed by atoms with van der Waals surface area (Å²) in [6, 6.07) is 8.45. The van der Waals surface area contributed by atoms with E-state index < -0.39 is 0 Å². The lowest BCUT2D eigenvalue weighted by Crippen LogP contribution is -2.58. The number of carbonyl (C=O) groups excluding carboxylic acids is 1. The van der Waals surface area contributed by atoms with Gasteiger partial charge in [0.2, 0.25) is 0 Å². The van der Waals surface area contributed by atoms with Crippen molar-refractivity contribution in [3.05, 3.63) is 29.8 Å². The second kappa shape index (κ2) is 14.7. The van der Waals surface area contributed by atoms with Crippen LogP contribution >= 0.6 is 0 Å². The molecule has 0 saturated heterocycles. The second-order valence-corrected chi connectivity index (χ2v) is 16.1. The fraction of sp³-hybridized carbons (Fsp3) is 0.821. The molecular weight excluding hydrogens is 532 g/mol. The standard InChI is InChI=1S/C20H32O2.C19H32O2/c1-4-16(2)19-10-12-20(13-11-19)22-17(3)21-15-14-18-8-6-5-7-9-18;1-6-17(2,3)16(20)21-18(4,5)19-10-13-7-14(11-19)9-15(8-13)12-19/h10-13,16-18H,4-9,14-15H2,1-3H3;13-15H,6-12H2,1-5H3. The van der Waals surface area contributed by atoms with E-state index in [9.17, 15) is 4.79 Å². The van der Waals surface area contributed by atoms with Gasteiger partial charge in [-0.2, -0.15) is 0 Å². The third-order valence-electron chi connectivity index (χ3n) is 12.1. The van der Waals surface area contributed by atoms with E-state index in [2.05, 4.69) is 58.9 Å². The Labute approximate surface area is 264 Å². The number of benzene rings is 1. The molecule has 5 aliphatic carbocycles. The molecule has 5 aliphatic rings. The molecule has 4 heteroatoms. The fourth-order valence-electron chi connectivity index (χ4n) is 8.68. The molecule has 43 heavy (non-hydrogen) atoms. The van der Waals surface area contributed by atoms with E-state index in [4.69, 9.17) is 14.2 Å². The molecule has 4 nitrogen and oxygen atoms in total. The van der Waals surface area contributed by atoms with Gasteiger partial charge in [-0.3, -0.25) is 4.79 Å². The number of carbonyl (C=O) groups is 1. The van der Waals surface area contributed by atoms with Crippen LogP contribution in [0, 0.1) is 34.5 Å². The van der Waals surface area contributed by atoms with Crippen molar-refractivity contribution in [1.29, 1.82) is 0 Å². The average Bonchev–Trinajstić information content (AvgIpc) is 2.97. The van der Waals surface area contributed by atoms with Gasteiger partial charge < -0.3 is 14.2 Å². The van der Waals surface area contributed by atoms with E-state index in [1.54, 1.807) is 0 Å². The molecule has 0 amide bonds. The number of ether oxygens (including phenoxy) is 3. The third kappa shape index (κ3) is 8.80. The van der Waals surface area contributed by atoms with Gasteiger partial charge in [-0.05, 0) is 140 Å². The lowest BCUT2D eigenvalue weighted by atomic mass is 9.46. The number of esters is 1. The van der Waals surface area contributed by atoms with E-state index in [0.29, 0.717) is 5.92 Å². The summed E-state index contributed by atoms with van der Waals surface area (Å²) in [5.41, 5.74) is 0.952. The molecule has 0 heterocycles. The van der Waals surface area contributed by atoms with Crippen molar-refractivity contribution in [2.24, 2.45) is 34.5 Å². The van der Waals surface area contributed by atoms with E-state index in [0.717, 1.165) is 42.4 Å². The third-order valence-corrected chi connectivity index (χ3v) is 12.1. The van der Waals surface area contributed by atoms with Crippen LogP contribution in [0.1, 0.15) is 157 Å². The van der Waals surface area contributed by atoms with E-state index >= 15 is 0 Å². The molecule has 0 radical (unpaired) electrons. The SMILES string of the molecule is CCC(C)(C)C(=O)OC(C)(C)C12CC3CC(CC(C3)C1)C2.CCC(C)c1ccc(OC(C)OCCC2CCCCC2)cc1. The zero-order valence-corrected chi connectivity index (χ0v) is 29.0. The maximum absolute atomic E-state index is 12.6. The maximum atomic E-state index is 12.6. The van der Waals surface area contributed by atoms with E-state index in [1.165, 1.54) is 89.0 Å². The van der Waals surface area contributed by atoms with Crippen LogP contribution < -0.4 is 4.74 Å². The normalized spacial score (nSPS) is 28.5. The summed E-state index contributed by atoms with van der Waals surface area (Å²) in [4.78, 5) is 12.6. The summed E-state index contributed by atoms with van der Waals surface area (Å²) in [5, 5.41) is 0. The van der Waals surface area contributed by atoms with Crippen molar-refractivity contribution in [3.8, 4) is 5.75 Å². The predicted octanol–water partition coefficient (Wildman–Crippen LogP) is 10.9. The van der Waals surface area contributed by atoms with Crippen molar-refractivity contribution in [2.45, 2.75) is 163 Å². The van der Waals surface area contributed by atoms with Gasteiger partial charge in [0.1, 0.15) is 11.4 Å². The van der Waals surface area contributed by atoms with Gasteiger partial charge in [0.05, 0.1) is 12.0 Å². The molecule has 1 aromatic carbocycles. The largest absolute Gasteiger partial charge is 0.465 e. The Bertz CT molecular complexity index is 967. The number of hydrogen-bond acceptors (Lipinski definition) is 4. The highest BCUT2D eigenvalue weighted by Crippen LogP contribution is 2.64. The number of hydrogen-bond donors (Lipinski definition) is 0. The summed E-state index contributed by atoms with van der Waals surface area (Å²) in [7, 11) is 0. The van der Waals surface area contributed by atoms with Crippen LogP contribution in [-0.2, 0) is 14.3 Å². The smallest absolute Gasteiger partial charge is 0.312 e. The average molecular weight is 597 g/mol. The molecule has 0 aliphatic heterocycles. The van der Waals surface area contributed by atoms with Crippen LogP contribution in [0.15, 0.2) is 24.3 Å². The van der Waals surface area contributed by atoms with Gasteiger partial charge in [0.25, 0.3) is 0 Å². The highest BCUT2D eigenvalue weighted by molar-refractivity contribution is 5.76. The zero-order chi connectivity index (χ0) is 31.3. The molecule has 4 bridgehead atoms. The van der Waals surface area contributed by atoms with E-state index in [1.807, 2.05) is 20.8 Å². The molecular formula is C39H64O4. The van der Waals surface area contributed by atoms with Crippen LogP contribution in [0.25, 0.3) is 0 Å². The molecule has 2 unspecified atom stereocenters. The van der Waals surface area contributed by atoms with Crippen molar-refractivity contribution in [1.82, 2.24) is 0 Å². The highest BCUT2D eigenvalue weighted by atomic mass is 16.7. The Kier molecular flexibility index (Phi) is 11.7. The van der Waals surface area contributed by atoms with Crippen molar-refractivity contribution in [3.63, 3.8) is 0 Å². The molecule has 5 fully saturated rings. The first kappa shape index (κ1) is 34.3.